The van der Waals surface area contributed by atoms with Crippen molar-refractivity contribution >= 4 is 6.08 Å². The van der Waals surface area contributed by atoms with Crippen LogP contribution in [0.5, 0.6) is 0 Å². The van der Waals surface area contributed by atoms with Gasteiger partial charge in [-0.05, 0) is 74.2 Å². The molecule has 0 spiro atoms. The number of hydrogen-bond donors (Lipinski definition) is 0. The summed E-state index contributed by atoms with van der Waals surface area (Å²) < 4.78 is 17.0. The van der Waals surface area contributed by atoms with E-state index in [0.29, 0.717) is 12.5 Å². The predicted molar refractivity (Wildman–Crippen MR) is 133 cm³/mol. The minimum atomic E-state index is -0.769. The summed E-state index contributed by atoms with van der Waals surface area (Å²) in [5.74, 6) is 0.651. The highest BCUT2D eigenvalue weighted by molar-refractivity contribution is 5.56. The van der Waals surface area contributed by atoms with Crippen LogP contribution in [0.15, 0.2) is 36.7 Å². The maximum atomic E-state index is 15.1. The molecule has 0 aromatic carbocycles. The van der Waals surface area contributed by atoms with Gasteiger partial charge in [0, 0.05) is 38.3 Å². The monoisotopic (exact) mass is 442 g/mol. The summed E-state index contributed by atoms with van der Waals surface area (Å²) in [5, 5.41) is 4.35. The van der Waals surface area contributed by atoms with Gasteiger partial charge in [0.05, 0.1) is 11.9 Å². The summed E-state index contributed by atoms with van der Waals surface area (Å²) in [6.45, 7) is 21.4. The smallest absolute Gasteiger partial charge is 0.122 e. The lowest BCUT2D eigenvalue weighted by Crippen LogP contribution is -2.47. The number of piperidine rings is 2. The lowest BCUT2D eigenvalue weighted by atomic mass is 9.86. The fourth-order valence-electron chi connectivity index (χ4n) is 5.22. The first-order valence-electron chi connectivity index (χ1n) is 12.2. The van der Waals surface area contributed by atoms with Gasteiger partial charge >= 0.3 is 0 Å². The zero-order valence-electron chi connectivity index (χ0n) is 20.9. The van der Waals surface area contributed by atoms with Crippen molar-refractivity contribution in [3.8, 4) is 0 Å². The van der Waals surface area contributed by atoms with E-state index in [1.54, 1.807) is 0 Å². The van der Waals surface area contributed by atoms with E-state index in [1.165, 1.54) is 11.1 Å². The van der Waals surface area contributed by atoms with Crippen molar-refractivity contribution in [3.63, 3.8) is 0 Å². The average molecular weight is 443 g/mol. The molecule has 3 rings (SSSR count). The van der Waals surface area contributed by atoms with Gasteiger partial charge in [-0.1, -0.05) is 40.0 Å². The number of halogens is 1. The third-order valence-electron chi connectivity index (χ3n) is 7.13. The van der Waals surface area contributed by atoms with Crippen LogP contribution < -0.4 is 0 Å². The molecule has 5 heteroatoms. The molecular weight excluding hydrogens is 399 g/mol. The molecule has 2 aliphatic rings. The SMILES string of the molecule is C=C/C(=C\c1c(C)cnn1C)C1CCN(CC2CCN(C(=C)CC(C)(C)C)CC2F)CC1. The normalized spacial score (nSPS) is 24.1. The molecule has 2 fully saturated rings. The Balaban J connectivity index is 1.50. The number of aryl methyl sites for hydroxylation is 2. The van der Waals surface area contributed by atoms with Crippen molar-refractivity contribution < 1.29 is 4.39 Å². The Labute approximate surface area is 194 Å². The Hall–Kier alpha value is -1.88. The Morgan fingerprint density at radius 1 is 1.22 bits per heavy atom. The fraction of sp³-hybridized carbons (Fsp3) is 0.667. The second-order valence-electron chi connectivity index (χ2n) is 11.1. The molecule has 178 valence electrons. The number of rotatable bonds is 7. The minimum Gasteiger partial charge on any atom is -0.372 e. The number of likely N-dealkylation sites (tertiary alicyclic amines) is 2. The molecular formula is C27H43FN4. The number of aromatic nitrogens is 2. The molecule has 2 saturated heterocycles. The molecule has 0 saturated carbocycles. The summed E-state index contributed by atoms with van der Waals surface area (Å²) in [6, 6.07) is 0. The van der Waals surface area contributed by atoms with Crippen LogP contribution in [0.2, 0.25) is 0 Å². The van der Waals surface area contributed by atoms with Crippen LogP contribution in [-0.4, -0.2) is 58.5 Å². The first-order valence-corrected chi connectivity index (χ1v) is 12.2. The van der Waals surface area contributed by atoms with Gasteiger partial charge in [0.15, 0.2) is 0 Å². The first-order chi connectivity index (χ1) is 15.1. The van der Waals surface area contributed by atoms with Crippen molar-refractivity contribution in [2.45, 2.75) is 59.5 Å². The maximum Gasteiger partial charge on any atom is 0.122 e. The van der Waals surface area contributed by atoms with Gasteiger partial charge in [-0.3, -0.25) is 4.68 Å². The van der Waals surface area contributed by atoms with Crippen LogP contribution in [-0.2, 0) is 7.05 Å². The van der Waals surface area contributed by atoms with Crippen molar-refractivity contribution in [1.29, 1.82) is 0 Å². The molecule has 3 heterocycles. The van der Waals surface area contributed by atoms with E-state index >= 15 is 4.39 Å². The first kappa shape index (κ1) is 24.8. The molecule has 2 atom stereocenters. The van der Waals surface area contributed by atoms with Crippen molar-refractivity contribution in [3.05, 3.63) is 48.0 Å². The molecule has 0 radical (unpaired) electrons. The Kier molecular flexibility index (Phi) is 8.02. The van der Waals surface area contributed by atoms with E-state index in [4.69, 9.17) is 0 Å². The number of hydrogen-bond acceptors (Lipinski definition) is 3. The predicted octanol–water partition coefficient (Wildman–Crippen LogP) is 5.62. The van der Waals surface area contributed by atoms with Gasteiger partial charge < -0.3 is 9.80 Å². The van der Waals surface area contributed by atoms with E-state index < -0.39 is 6.17 Å². The largest absolute Gasteiger partial charge is 0.372 e. The quantitative estimate of drug-likeness (QED) is 0.512. The second kappa shape index (κ2) is 10.4. The summed E-state index contributed by atoms with van der Waals surface area (Å²) in [6.07, 6.45) is 9.44. The van der Waals surface area contributed by atoms with E-state index in [0.717, 1.165) is 63.3 Å². The van der Waals surface area contributed by atoms with Crippen LogP contribution >= 0.6 is 0 Å². The Morgan fingerprint density at radius 3 is 2.44 bits per heavy atom. The molecule has 0 amide bonds. The van der Waals surface area contributed by atoms with Crippen LogP contribution in [0.25, 0.3) is 6.08 Å². The van der Waals surface area contributed by atoms with Crippen LogP contribution in [0, 0.1) is 24.2 Å². The van der Waals surface area contributed by atoms with Crippen molar-refractivity contribution in [2.75, 3.05) is 32.7 Å². The zero-order valence-corrected chi connectivity index (χ0v) is 20.9. The number of allylic oxidation sites excluding steroid dienone is 3. The lowest BCUT2D eigenvalue weighted by Gasteiger charge is -2.41. The lowest BCUT2D eigenvalue weighted by molar-refractivity contribution is 0.0641. The van der Waals surface area contributed by atoms with E-state index in [-0.39, 0.29) is 11.3 Å². The number of alkyl halides is 1. The molecule has 0 bridgehead atoms. The van der Waals surface area contributed by atoms with Gasteiger partial charge in [0.1, 0.15) is 6.17 Å². The zero-order chi connectivity index (χ0) is 23.5. The van der Waals surface area contributed by atoms with E-state index in [2.05, 4.69) is 61.8 Å². The van der Waals surface area contributed by atoms with Crippen LogP contribution in [0.4, 0.5) is 4.39 Å². The van der Waals surface area contributed by atoms with Crippen LogP contribution in [0.3, 0.4) is 0 Å². The minimum absolute atomic E-state index is 0.136. The van der Waals surface area contributed by atoms with Gasteiger partial charge in [0.2, 0.25) is 0 Å². The van der Waals surface area contributed by atoms with Gasteiger partial charge in [-0.15, -0.1) is 0 Å². The van der Waals surface area contributed by atoms with Gasteiger partial charge in [-0.2, -0.15) is 5.10 Å². The Morgan fingerprint density at radius 2 is 1.91 bits per heavy atom. The maximum absolute atomic E-state index is 15.1. The number of nitrogens with zero attached hydrogens (tertiary/aromatic N) is 4. The molecule has 2 unspecified atom stereocenters. The van der Waals surface area contributed by atoms with Gasteiger partial charge in [-0.25, -0.2) is 4.39 Å². The topological polar surface area (TPSA) is 24.3 Å². The van der Waals surface area contributed by atoms with E-state index in [9.17, 15) is 0 Å². The summed E-state index contributed by atoms with van der Waals surface area (Å²) in [5.41, 5.74) is 4.92. The van der Waals surface area contributed by atoms with Crippen molar-refractivity contribution in [2.24, 2.45) is 24.3 Å². The third-order valence-corrected chi connectivity index (χ3v) is 7.13. The van der Waals surface area contributed by atoms with Crippen molar-refractivity contribution in [1.82, 2.24) is 19.6 Å². The summed E-state index contributed by atoms with van der Waals surface area (Å²) >= 11 is 0. The molecule has 2 aliphatic heterocycles. The second-order valence-corrected chi connectivity index (χ2v) is 11.1. The standard InChI is InChI=1S/C27H43FN4/c1-8-22(15-26-20(2)17-29-30(26)7)23-9-12-31(13-10-23)18-24-11-14-32(19-25(24)28)21(3)16-27(4,5)6/h8,15,17,23-25H,1,3,9-14,16,18-19H2,2,4-7H3/b22-15+. The molecule has 32 heavy (non-hydrogen) atoms. The fourth-order valence-corrected chi connectivity index (χ4v) is 5.22. The average Bonchev–Trinajstić information content (AvgIpc) is 3.04. The molecule has 1 aromatic heterocycles. The third kappa shape index (κ3) is 6.34. The molecule has 4 nitrogen and oxygen atoms in total. The highest BCUT2D eigenvalue weighted by Gasteiger charge is 2.33. The highest BCUT2D eigenvalue weighted by Crippen LogP contribution is 2.32. The van der Waals surface area contributed by atoms with Crippen LogP contribution in [0.1, 0.15) is 57.7 Å². The summed E-state index contributed by atoms with van der Waals surface area (Å²) in [4.78, 5) is 4.66. The molecule has 1 aromatic rings. The van der Waals surface area contributed by atoms with E-state index in [1.807, 2.05) is 24.0 Å². The highest BCUT2D eigenvalue weighted by atomic mass is 19.1. The Bertz CT molecular complexity index is 804. The summed E-state index contributed by atoms with van der Waals surface area (Å²) in [7, 11) is 1.99. The molecule has 0 aliphatic carbocycles. The molecule has 0 N–H and O–H groups in total. The van der Waals surface area contributed by atoms with Gasteiger partial charge in [0.25, 0.3) is 0 Å².